The maximum Gasteiger partial charge on any atom is 0.328 e. The van der Waals surface area contributed by atoms with Crippen LogP contribution in [-0.4, -0.2) is 24.7 Å². The lowest BCUT2D eigenvalue weighted by Crippen LogP contribution is -2.34. The summed E-state index contributed by atoms with van der Waals surface area (Å²) in [5.74, 6) is 0.485. The number of anilines is 1. The van der Waals surface area contributed by atoms with Crippen molar-refractivity contribution in [1.29, 1.82) is 0 Å². The Hall–Kier alpha value is -1.71. The Bertz CT molecular complexity index is 449. The van der Waals surface area contributed by atoms with E-state index < -0.39 is 11.6 Å². The second-order valence-electron chi connectivity index (χ2n) is 5.58. The van der Waals surface area contributed by atoms with Gasteiger partial charge in [0.1, 0.15) is 17.4 Å². The third-order valence-corrected chi connectivity index (χ3v) is 2.58. The summed E-state index contributed by atoms with van der Waals surface area (Å²) in [4.78, 5) is 11.9. The van der Waals surface area contributed by atoms with Crippen molar-refractivity contribution >= 4 is 11.7 Å². The summed E-state index contributed by atoms with van der Waals surface area (Å²) in [6.45, 7) is 9.33. The van der Waals surface area contributed by atoms with Gasteiger partial charge in [-0.2, -0.15) is 0 Å². The Labute approximate surface area is 115 Å². The van der Waals surface area contributed by atoms with Gasteiger partial charge in [0.2, 0.25) is 0 Å². The van der Waals surface area contributed by atoms with Crippen LogP contribution in [0.5, 0.6) is 5.75 Å². The zero-order chi connectivity index (χ0) is 14.6. The molecule has 0 saturated carbocycles. The molecule has 0 saturated heterocycles. The number of carbonyl (C=O) groups is 1. The number of methoxy groups -OCH3 is 1. The molecule has 0 spiro atoms. The van der Waals surface area contributed by atoms with Gasteiger partial charge < -0.3 is 14.8 Å². The van der Waals surface area contributed by atoms with Crippen LogP contribution in [0.3, 0.4) is 0 Å². The molecule has 4 nitrogen and oxygen atoms in total. The van der Waals surface area contributed by atoms with Gasteiger partial charge >= 0.3 is 5.97 Å². The fourth-order valence-corrected chi connectivity index (χ4v) is 1.57. The van der Waals surface area contributed by atoms with Crippen molar-refractivity contribution in [2.45, 2.75) is 46.3 Å². The van der Waals surface area contributed by atoms with Crippen molar-refractivity contribution in [3.05, 3.63) is 23.8 Å². The number of benzene rings is 1. The Kier molecular flexibility index (Phi) is 4.81. The first-order valence-electron chi connectivity index (χ1n) is 6.37. The van der Waals surface area contributed by atoms with Crippen molar-refractivity contribution in [2.24, 2.45) is 0 Å². The molecule has 0 bridgehead atoms. The maximum atomic E-state index is 11.9. The Morgan fingerprint density at radius 1 is 1.32 bits per heavy atom. The van der Waals surface area contributed by atoms with Gasteiger partial charge in [0.15, 0.2) is 0 Å². The highest BCUT2D eigenvalue weighted by Crippen LogP contribution is 2.22. The summed E-state index contributed by atoms with van der Waals surface area (Å²) in [6, 6.07) is 5.29. The van der Waals surface area contributed by atoms with Crippen LogP contribution in [0, 0.1) is 6.92 Å². The number of nitrogens with one attached hydrogen (secondary N) is 1. The number of rotatable bonds is 4. The normalized spacial score (nSPS) is 12.7. The molecule has 106 valence electrons. The highest BCUT2D eigenvalue weighted by Gasteiger charge is 2.21. The van der Waals surface area contributed by atoms with E-state index in [0.29, 0.717) is 0 Å². The molecule has 4 heteroatoms. The SMILES string of the molecule is COc1ccc(C)c(NC(C)C(=O)OC(C)(C)C)c1. The van der Waals surface area contributed by atoms with Crippen molar-refractivity contribution in [3.63, 3.8) is 0 Å². The first-order valence-corrected chi connectivity index (χ1v) is 6.37. The largest absolute Gasteiger partial charge is 0.497 e. The Morgan fingerprint density at radius 3 is 2.47 bits per heavy atom. The van der Waals surface area contributed by atoms with Gasteiger partial charge in [0, 0.05) is 11.8 Å². The molecule has 0 aromatic heterocycles. The van der Waals surface area contributed by atoms with Crippen LogP contribution in [0.2, 0.25) is 0 Å². The number of ether oxygens (including phenoxy) is 2. The predicted octanol–water partition coefficient (Wildman–Crippen LogP) is 3.15. The van der Waals surface area contributed by atoms with Crippen LogP contribution in [-0.2, 0) is 9.53 Å². The average Bonchev–Trinajstić information content (AvgIpc) is 2.29. The molecule has 1 aromatic rings. The molecular weight excluding hydrogens is 242 g/mol. The molecule has 0 fully saturated rings. The molecule has 0 amide bonds. The van der Waals surface area contributed by atoms with E-state index in [-0.39, 0.29) is 5.97 Å². The molecule has 1 unspecified atom stereocenters. The summed E-state index contributed by atoms with van der Waals surface area (Å²) in [7, 11) is 1.62. The minimum absolute atomic E-state index is 0.269. The van der Waals surface area contributed by atoms with Crippen molar-refractivity contribution in [3.8, 4) is 5.75 Å². The minimum Gasteiger partial charge on any atom is -0.497 e. The summed E-state index contributed by atoms with van der Waals surface area (Å²) >= 11 is 0. The highest BCUT2D eigenvalue weighted by molar-refractivity contribution is 5.79. The molecule has 1 rings (SSSR count). The van der Waals surface area contributed by atoms with Crippen molar-refractivity contribution in [2.75, 3.05) is 12.4 Å². The zero-order valence-corrected chi connectivity index (χ0v) is 12.5. The quantitative estimate of drug-likeness (QED) is 0.850. The van der Waals surface area contributed by atoms with Crippen LogP contribution >= 0.6 is 0 Å². The fraction of sp³-hybridized carbons (Fsp3) is 0.533. The van der Waals surface area contributed by atoms with E-state index in [0.717, 1.165) is 17.0 Å². The molecule has 0 heterocycles. The second-order valence-corrected chi connectivity index (χ2v) is 5.58. The first-order chi connectivity index (χ1) is 8.73. The van der Waals surface area contributed by atoms with Crippen LogP contribution < -0.4 is 10.1 Å². The third-order valence-electron chi connectivity index (χ3n) is 2.58. The van der Waals surface area contributed by atoms with Gasteiger partial charge in [0.05, 0.1) is 7.11 Å². The molecule has 19 heavy (non-hydrogen) atoms. The van der Waals surface area contributed by atoms with Gasteiger partial charge in [0.25, 0.3) is 0 Å². The standard InChI is InChI=1S/C15H23NO3/c1-10-7-8-12(18-6)9-13(10)16-11(2)14(17)19-15(3,4)5/h7-9,11,16H,1-6H3. The molecule has 0 aliphatic carbocycles. The number of esters is 1. The lowest BCUT2D eigenvalue weighted by Gasteiger charge is -2.23. The molecule has 1 aromatic carbocycles. The van der Waals surface area contributed by atoms with Gasteiger partial charge in [-0.25, -0.2) is 4.79 Å². The van der Waals surface area contributed by atoms with E-state index in [1.54, 1.807) is 14.0 Å². The third kappa shape index (κ3) is 4.81. The molecule has 0 radical (unpaired) electrons. The van der Waals surface area contributed by atoms with E-state index >= 15 is 0 Å². The number of hydrogen-bond donors (Lipinski definition) is 1. The van der Waals surface area contributed by atoms with Gasteiger partial charge in [-0.3, -0.25) is 0 Å². The van der Waals surface area contributed by atoms with Gasteiger partial charge in [-0.1, -0.05) is 6.07 Å². The lowest BCUT2D eigenvalue weighted by atomic mass is 10.1. The Morgan fingerprint density at radius 2 is 1.95 bits per heavy atom. The number of carbonyl (C=O) groups excluding carboxylic acids is 1. The fourth-order valence-electron chi connectivity index (χ4n) is 1.57. The topological polar surface area (TPSA) is 47.6 Å². The summed E-state index contributed by atoms with van der Waals surface area (Å²) in [5, 5.41) is 3.15. The predicted molar refractivity (Wildman–Crippen MR) is 76.7 cm³/mol. The maximum absolute atomic E-state index is 11.9. The molecule has 0 aliphatic heterocycles. The summed E-state index contributed by atoms with van der Waals surface area (Å²) in [6.07, 6.45) is 0. The van der Waals surface area contributed by atoms with Crippen LogP contribution in [0.15, 0.2) is 18.2 Å². The number of hydrogen-bond acceptors (Lipinski definition) is 4. The average molecular weight is 265 g/mol. The lowest BCUT2D eigenvalue weighted by molar-refractivity contribution is -0.155. The highest BCUT2D eigenvalue weighted by atomic mass is 16.6. The summed E-state index contributed by atoms with van der Waals surface area (Å²) < 4.78 is 10.5. The minimum atomic E-state index is -0.476. The molecule has 0 aliphatic rings. The van der Waals surface area contributed by atoms with Crippen LogP contribution in [0.25, 0.3) is 0 Å². The van der Waals surface area contributed by atoms with Gasteiger partial charge in [-0.15, -0.1) is 0 Å². The molecule has 1 atom stereocenters. The molecule has 1 N–H and O–H groups in total. The molecular formula is C15H23NO3. The van der Waals surface area contributed by atoms with Crippen LogP contribution in [0.1, 0.15) is 33.3 Å². The first kappa shape index (κ1) is 15.3. The van der Waals surface area contributed by atoms with Crippen molar-refractivity contribution in [1.82, 2.24) is 0 Å². The second kappa shape index (κ2) is 5.95. The van der Waals surface area contributed by atoms with E-state index in [1.165, 1.54) is 0 Å². The summed E-state index contributed by atoms with van der Waals surface area (Å²) in [5.41, 5.74) is 1.45. The monoisotopic (exact) mass is 265 g/mol. The van der Waals surface area contributed by atoms with E-state index in [2.05, 4.69) is 5.32 Å². The van der Waals surface area contributed by atoms with Crippen molar-refractivity contribution < 1.29 is 14.3 Å². The van der Waals surface area contributed by atoms with E-state index in [9.17, 15) is 4.79 Å². The van der Waals surface area contributed by atoms with Gasteiger partial charge in [-0.05, 0) is 46.2 Å². The smallest absolute Gasteiger partial charge is 0.328 e. The van der Waals surface area contributed by atoms with E-state index in [1.807, 2.05) is 45.9 Å². The Balaban J connectivity index is 2.76. The van der Waals surface area contributed by atoms with Crippen LogP contribution in [0.4, 0.5) is 5.69 Å². The number of aryl methyl sites for hydroxylation is 1. The zero-order valence-electron chi connectivity index (χ0n) is 12.5. The van der Waals surface area contributed by atoms with E-state index in [4.69, 9.17) is 9.47 Å².